The number of aryl methyl sites for hydroxylation is 1. The van der Waals surface area contributed by atoms with Crippen LogP contribution in [0.2, 0.25) is 5.02 Å². The van der Waals surface area contributed by atoms with Gasteiger partial charge in [0.05, 0.1) is 7.11 Å². The van der Waals surface area contributed by atoms with Crippen molar-refractivity contribution in [2.75, 3.05) is 7.11 Å². The van der Waals surface area contributed by atoms with Crippen LogP contribution in [0.4, 0.5) is 0 Å². The van der Waals surface area contributed by atoms with Gasteiger partial charge in [-0.05, 0) is 30.2 Å². The lowest BCUT2D eigenvalue weighted by atomic mass is 10.0. The number of carboxylic acid groups (broad SMARTS) is 1. The van der Waals surface area contributed by atoms with Crippen LogP contribution in [0, 0.1) is 6.92 Å². The van der Waals surface area contributed by atoms with E-state index >= 15 is 0 Å². The van der Waals surface area contributed by atoms with Crippen molar-refractivity contribution in [3.63, 3.8) is 0 Å². The van der Waals surface area contributed by atoms with Crippen LogP contribution in [0.5, 0.6) is 5.75 Å². The van der Waals surface area contributed by atoms with Gasteiger partial charge in [0.25, 0.3) is 0 Å². The zero-order chi connectivity index (χ0) is 12.3. The molecule has 0 saturated carbocycles. The van der Waals surface area contributed by atoms with E-state index in [1.54, 1.807) is 19.1 Å². The molecule has 0 bridgehead atoms. The average molecular weight is 245 g/mol. The Morgan fingerprint density at radius 1 is 1.56 bits per heavy atom. The van der Waals surface area contributed by atoms with E-state index < -0.39 is 12.1 Å². The van der Waals surface area contributed by atoms with Gasteiger partial charge in [-0.3, -0.25) is 0 Å². The number of ether oxygens (including phenoxy) is 1. The van der Waals surface area contributed by atoms with Crippen LogP contribution in [-0.2, 0) is 11.2 Å². The molecule has 0 aromatic heterocycles. The Bertz CT molecular complexity index is 403. The molecule has 0 aliphatic heterocycles. The molecular formula is C11H13ClO4. The quantitative estimate of drug-likeness (QED) is 0.845. The maximum Gasteiger partial charge on any atom is 0.332 e. The number of hydrogen-bond donors (Lipinski definition) is 2. The molecule has 0 radical (unpaired) electrons. The van der Waals surface area contributed by atoms with E-state index in [4.69, 9.17) is 21.4 Å². The van der Waals surface area contributed by atoms with E-state index in [0.29, 0.717) is 16.3 Å². The van der Waals surface area contributed by atoms with Gasteiger partial charge in [-0.15, -0.1) is 0 Å². The van der Waals surface area contributed by atoms with E-state index in [9.17, 15) is 9.90 Å². The number of methoxy groups -OCH3 is 1. The Morgan fingerprint density at radius 3 is 2.69 bits per heavy atom. The van der Waals surface area contributed by atoms with Gasteiger partial charge in [0.1, 0.15) is 5.75 Å². The van der Waals surface area contributed by atoms with Gasteiger partial charge < -0.3 is 14.9 Å². The van der Waals surface area contributed by atoms with Crippen molar-refractivity contribution >= 4 is 17.6 Å². The number of aliphatic carboxylic acids is 1. The highest BCUT2D eigenvalue weighted by molar-refractivity contribution is 6.30. The molecule has 1 rings (SSSR count). The van der Waals surface area contributed by atoms with Gasteiger partial charge in [-0.25, -0.2) is 4.79 Å². The number of rotatable bonds is 4. The first kappa shape index (κ1) is 12.8. The van der Waals surface area contributed by atoms with E-state index in [2.05, 4.69) is 0 Å². The summed E-state index contributed by atoms with van der Waals surface area (Å²) in [4.78, 5) is 10.5. The molecule has 16 heavy (non-hydrogen) atoms. The van der Waals surface area contributed by atoms with E-state index in [1.165, 1.54) is 7.11 Å². The second kappa shape index (κ2) is 5.18. The molecule has 1 unspecified atom stereocenters. The summed E-state index contributed by atoms with van der Waals surface area (Å²) in [5.41, 5.74) is 1.39. The summed E-state index contributed by atoms with van der Waals surface area (Å²) >= 11 is 5.86. The molecule has 0 aliphatic carbocycles. The minimum absolute atomic E-state index is 0.0279. The first-order chi connectivity index (χ1) is 7.45. The summed E-state index contributed by atoms with van der Waals surface area (Å²) in [6, 6.07) is 3.32. The lowest BCUT2D eigenvalue weighted by Crippen LogP contribution is -2.22. The first-order valence-electron chi connectivity index (χ1n) is 4.69. The first-order valence-corrected chi connectivity index (χ1v) is 5.07. The Labute approximate surface area is 98.4 Å². The molecule has 0 fully saturated rings. The zero-order valence-corrected chi connectivity index (χ0v) is 9.78. The molecule has 1 atom stereocenters. The lowest BCUT2D eigenvalue weighted by Gasteiger charge is -2.13. The van der Waals surface area contributed by atoms with E-state index in [-0.39, 0.29) is 6.42 Å². The number of halogens is 1. The molecule has 0 heterocycles. The molecular weight excluding hydrogens is 232 g/mol. The fraction of sp³-hybridized carbons (Fsp3) is 0.364. The Balaban J connectivity index is 3.07. The normalized spacial score (nSPS) is 12.2. The van der Waals surface area contributed by atoms with Crippen LogP contribution in [-0.4, -0.2) is 29.4 Å². The van der Waals surface area contributed by atoms with Crippen molar-refractivity contribution < 1.29 is 19.7 Å². The summed E-state index contributed by atoms with van der Waals surface area (Å²) in [6.07, 6.45) is -1.48. The van der Waals surface area contributed by atoms with Crippen LogP contribution >= 0.6 is 11.6 Å². The number of aliphatic hydroxyl groups is 1. The summed E-state index contributed by atoms with van der Waals surface area (Å²) in [5, 5.41) is 18.4. The smallest absolute Gasteiger partial charge is 0.332 e. The Morgan fingerprint density at radius 2 is 2.19 bits per heavy atom. The van der Waals surface area contributed by atoms with Crippen molar-refractivity contribution in [2.45, 2.75) is 19.4 Å². The van der Waals surface area contributed by atoms with E-state index in [1.807, 2.05) is 0 Å². The molecule has 5 heteroatoms. The maximum absolute atomic E-state index is 10.5. The summed E-state index contributed by atoms with van der Waals surface area (Å²) in [5.74, 6) is -0.704. The molecule has 2 N–H and O–H groups in total. The maximum atomic E-state index is 10.5. The molecule has 0 amide bonds. The monoisotopic (exact) mass is 244 g/mol. The third-order valence-electron chi connectivity index (χ3n) is 2.22. The third kappa shape index (κ3) is 2.87. The minimum Gasteiger partial charge on any atom is -0.496 e. The second-order valence-electron chi connectivity index (χ2n) is 3.47. The van der Waals surface area contributed by atoms with Crippen LogP contribution < -0.4 is 4.74 Å². The van der Waals surface area contributed by atoms with Gasteiger partial charge in [-0.1, -0.05) is 11.6 Å². The van der Waals surface area contributed by atoms with Gasteiger partial charge in [0.15, 0.2) is 6.10 Å². The standard InChI is InChI=1S/C11H13ClO4/c1-6-3-8(12)4-7(10(6)16-2)5-9(13)11(14)15/h3-4,9,13H,5H2,1-2H3,(H,14,15). The van der Waals surface area contributed by atoms with Gasteiger partial charge in [0.2, 0.25) is 0 Å². The van der Waals surface area contributed by atoms with Crippen LogP contribution in [0.15, 0.2) is 12.1 Å². The lowest BCUT2D eigenvalue weighted by molar-refractivity contribution is -0.146. The average Bonchev–Trinajstić information content (AvgIpc) is 2.16. The largest absolute Gasteiger partial charge is 0.496 e. The van der Waals surface area contributed by atoms with E-state index in [0.717, 1.165) is 5.56 Å². The third-order valence-corrected chi connectivity index (χ3v) is 2.44. The second-order valence-corrected chi connectivity index (χ2v) is 3.91. The van der Waals surface area contributed by atoms with Crippen LogP contribution in [0.3, 0.4) is 0 Å². The molecule has 4 nitrogen and oxygen atoms in total. The molecule has 1 aromatic carbocycles. The molecule has 0 aliphatic rings. The number of hydrogen-bond acceptors (Lipinski definition) is 3. The van der Waals surface area contributed by atoms with Gasteiger partial charge >= 0.3 is 5.97 Å². The van der Waals surface area contributed by atoms with Gasteiger partial charge in [0, 0.05) is 11.4 Å². The predicted molar refractivity (Wildman–Crippen MR) is 60.1 cm³/mol. The highest BCUT2D eigenvalue weighted by Crippen LogP contribution is 2.28. The molecule has 0 spiro atoms. The predicted octanol–water partition coefficient (Wildman–Crippen LogP) is 1.65. The van der Waals surface area contributed by atoms with Crippen LogP contribution in [0.25, 0.3) is 0 Å². The summed E-state index contributed by atoms with van der Waals surface area (Å²) < 4.78 is 5.15. The SMILES string of the molecule is COc1c(C)cc(Cl)cc1CC(O)C(=O)O. The Kier molecular flexibility index (Phi) is 4.15. The summed E-state index contributed by atoms with van der Waals surface area (Å²) in [6.45, 7) is 1.81. The van der Waals surface area contributed by atoms with Crippen molar-refractivity contribution in [3.8, 4) is 5.75 Å². The topological polar surface area (TPSA) is 66.8 Å². The zero-order valence-electron chi connectivity index (χ0n) is 9.03. The number of carboxylic acids is 1. The van der Waals surface area contributed by atoms with Crippen molar-refractivity contribution in [3.05, 3.63) is 28.3 Å². The fourth-order valence-corrected chi connectivity index (χ4v) is 1.83. The van der Waals surface area contributed by atoms with Crippen molar-refractivity contribution in [1.82, 2.24) is 0 Å². The number of aliphatic hydroxyl groups excluding tert-OH is 1. The molecule has 1 aromatic rings. The highest BCUT2D eigenvalue weighted by Gasteiger charge is 2.17. The van der Waals surface area contributed by atoms with Crippen molar-refractivity contribution in [1.29, 1.82) is 0 Å². The molecule has 0 saturated heterocycles. The number of carbonyl (C=O) groups is 1. The molecule has 88 valence electrons. The van der Waals surface area contributed by atoms with Crippen molar-refractivity contribution in [2.24, 2.45) is 0 Å². The fourth-order valence-electron chi connectivity index (χ4n) is 1.54. The minimum atomic E-state index is -1.45. The number of benzene rings is 1. The van der Waals surface area contributed by atoms with Crippen LogP contribution in [0.1, 0.15) is 11.1 Å². The van der Waals surface area contributed by atoms with Gasteiger partial charge in [-0.2, -0.15) is 0 Å². The summed E-state index contributed by atoms with van der Waals surface area (Å²) in [7, 11) is 1.49. The Hall–Kier alpha value is -1.26. The highest BCUT2D eigenvalue weighted by atomic mass is 35.5.